The molecule has 1 aromatic heterocycles. The Balaban J connectivity index is 2.13. The molecule has 1 heterocycles. The van der Waals surface area contributed by atoms with Crippen LogP contribution in [0.4, 0.5) is 0 Å². The molecule has 0 aliphatic carbocycles. The van der Waals surface area contributed by atoms with Crippen molar-refractivity contribution < 1.29 is 8.84 Å². The Kier molecular flexibility index (Phi) is 4.71. The van der Waals surface area contributed by atoms with Crippen molar-refractivity contribution in [3.63, 3.8) is 0 Å². The van der Waals surface area contributed by atoms with E-state index in [1.165, 1.54) is 5.56 Å². The first-order valence-electron chi connectivity index (χ1n) is 7.44. The fourth-order valence-electron chi connectivity index (χ4n) is 2.10. The predicted octanol–water partition coefficient (Wildman–Crippen LogP) is 6.07. The number of benzene rings is 1. The van der Waals surface area contributed by atoms with Crippen molar-refractivity contribution in [2.75, 3.05) is 6.61 Å². The summed E-state index contributed by atoms with van der Waals surface area (Å²) in [4.78, 5) is 0. The maximum Gasteiger partial charge on any atom is 0.191 e. The third kappa shape index (κ3) is 3.43. The van der Waals surface area contributed by atoms with Crippen LogP contribution in [0.2, 0.25) is 18.1 Å². The minimum absolute atomic E-state index is 0.253. The van der Waals surface area contributed by atoms with E-state index in [0.717, 1.165) is 34.2 Å². The molecular weight excluding hydrogens is 344 g/mol. The van der Waals surface area contributed by atoms with E-state index < -0.39 is 8.32 Å². The van der Waals surface area contributed by atoms with Gasteiger partial charge >= 0.3 is 0 Å². The SMILES string of the molecule is Cc1oc2c(CCO[Si](C)(C)C(C)(C)C)cccc2c1Br. The second kappa shape index (κ2) is 5.90. The summed E-state index contributed by atoms with van der Waals surface area (Å²) >= 11 is 3.59. The van der Waals surface area contributed by atoms with Crippen LogP contribution < -0.4 is 0 Å². The quantitative estimate of drug-likeness (QED) is 0.611. The maximum atomic E-state index is 6.27. The van der Waals surface area contributed by atoms with Crippen LogP contribution in [0.3, 0.4) is 0 Å². The van der Waals surface area contributed by atoms with E-state index in [9.17, 15) is 0 Å². The summed E-state index contributed by atoms with van der Waals surface area (Å²) in [7, 11) is -1.67. The van der Waals surface area contributed by atoms with E-state index >= 15 is 0 Å². The van der Waals surface area contributed by atoms with E-state index in [1.54, 1.807) is 0 Å². The highest BCUT2D eigenvalue weighted by Crippen LogP contribution is 2.37. The first-order valence-corrected chi connectivity index (χ1v) is 11.1. The summed E-state index contributed by atoms with van der Waals surface area (Å²) in [5.41, 5.74) is 2.21. The van der Waals surface area contributed by atoms with Gasteiger partial charge in [0.25, 0.3) is 0 Å². The molecule has 1 aromatic carbocycles. The van der Waals surface area contributed by atoms with Gasteiger partial charge in [-0.25, -0.2) is 0 Å². The molecule has 0 saturated heterocycles. The third-order valence-corrected chi connectivity index (χ3v) is 10.1. The van der Waals surface area contributed by atoms with Gasteiger partial charge in [0, 0.05) is 12.0 Å². The monoisotopic (exact) mass is 368 g/mol. The van der Waals surface area contributed by atoms with Gasteiger partial charge in [0.2, 0.25) is 0 Å². The number of hydrogen-bond donors (Lipinski definition) is 0. The molecule has 0 spiro atoms. The topological polar surface area (TPSA) is 22.4 Å². The molecule has 4 heteroatoms. The average molecular weight is 369 g/mol. The Morgan fingerprint density at radius 3 is 2.52 bits per heavy atom. The number of rotatable bonds is 4. The van der Waals surface area contributed by atoms with Gasteiger partial charge < -0.3 is 8.84 Å². The number of halogens is 1. The van der Waals surface area contributed by atoms with E-state index in [-0.39, 0.29) is 5.04 Å². The van der Waals surface area contributed by atoms with Crippen LogP contribution in [0.25, 0.3) is 11.0 Å². The average Bonchev–Trinajstić information content (AvgIpc) is 2.65. The fraction of sp³-hybridized carbons (Fsp3) is 0.529. The van der Waals surface area contributed by atoms with Crippen LogP contribution in [0.1, 0.15) is 32.1 Å². The Bertz CT molecular complexity index is 638. The molecule has 0 unspecified atom stereocenters. The molecule has 0 amide bonds. The molecule has 116 valence electrons. The third-order valence-electron chi connectivity index (χ3n) is 4.54. The Morgan fingerprint density at radius 1 is 1.24 bits per heavy atom. The van der Waals surface area contributed by atoms with Crippen LogP contribution in [0.5, 0.6) is 0 Å². The van der Waals surface area contributed by atoms with Crippen molar-refractivity contribution in [3.05, 3.63) is 34.0 Å². The van der Waals surface area contributed by atoms with Crippen LogP contribution in [-0.2, 0) is 10.8 Å². The predicted molar refractivity (Wildman–Crippen MR) is 95.5 cm³/mol. The standard InChI is InChI=1S/C17H25BrO2Si/c1-12-15(18)14-9-7-8-13(16(14)20-12)10-11-19-21(5,6)17(2,3)4/h7-9H,10-11H2,1-6H3. The van der Waals surface area contributed by atoms with Crippen LogP contribution >= 0.6 is 15.9 Å². The lowest BCUT2D eigenvalue weighted by atomic mass is 10.1. The van der Waals surface area contributed by atoms with Crippen molar-refractivity contribution in [1.82, 2.24) is 0 Å². The lowest BCUT2D eigenvalue weighted by Gasteiger charge is -2.36. The van der Waals surface area contributed by atoms with Gasteiger partial charge in [-0.15, -0.1) is 0 Å². The molecule has 2 rings (SSSR count). The molecule has 0 bridgehead atoms. The Labute approximate surface area is 137 Å². The Hall–Kier alpha value is -0.583. The number of fused-ring (bicyclic) bond motifs is 1. The van der Waals surface area contributed by atoms with Gasteiger partial charge in [-0.3, -0.25) is 0 Å². The Morgan fingerprint density at radius 2 is 1.90 bits per heavy atom. The van der Waals surface area contributed by atoms with E-state index in [0.29, 0.717) is 0 Å². The molecule has 0 aliphatic rings. The summed E-state index contributed by atoms with van der Waals surface area (Å²) in [6.45, 7) is 14.1. The second-order valence-corrected chi connectivity index (χ2v) is 12.7. The van der Waals surface area contributed by atoms with Gasteiger partial charge in [-0.1, -0.05) is 32.9 Å². The summed E-state index contributed by atoms with van der Waals surface area (Å²) < 4.78 is 13.2. The summed E-state index contributed by atoms with van der Waals surface area (Å²) in [6, 6.07) is 6.31. The zero-order valence-corrected chi connectivity index (χ0v) is 16.4. The van der Waals surface area contributed by atoms with Gasteiger partial charge in [0.05, 0.1) is 4.47 Å². The summed E-state index contributed by atoms with van der Waals surface area (Å²) in [5, 5.41) is 1.40. The smallest absolute Gasteiger partial charge is 0.191 e. The number of para-hydroxylation sites is 1. The minimum Gasteiger partial charge on any atom is -0.460 e. The molecule has 0 radical (unpaired) electrons. The molecule has 2 nitrogen and oxygen atoms in total. The first kappa shape index (κ1) is 16.8. The molecule has 0 saturated carbocycles. The van der Waals surface area contributed by atoms with Crippen molar-refractivity contribution in [2.24, 2.45) is 0 Å². The van der Waals surface area contributed by atoms with Crippen molar-refractivity contribution in [1.29, 1.82) is 0 Å². The summed E-state index contributed by atoms with van der Waals surface area (Å²) in [6.07, 6.45) is 0.892. The lowest BCUT2D eigenvalue weighted by molar-refractivity contribution is 0.292. The molecule has 0 atom stereocenters. The van der Waals surface area contributed by atoms with Crippen molar-refractivity contribution in [3.8, 4) is 0 Å². The highest BCUT2D eigenvalue weighted by molar-refractivity contribution is 9.10. The number of hydrogen-bond acceptors (Lipinski definition) is 2. The number of aryl methyl sites for hydroxylation is 1. The van der Waals surface area contributed by atoms with E-state index in [2.05, 4.69) is 68.0 Å². The first-order chi connectivity index (χ1) is 9.63. The highest BCUT2D eigenvalue weighted by atomic mass is 79.9. The fourth-order valence-corrected chi connectivity index (χ4v) is 3.53. The highest BCUT2D eigenvalue weighted by Gasteiger charge is 2.36. The van der Waals surface area contributed by atoms with Crippen LogP contribution in [0.15, 0.2) is 27.1 Å². The van der Waals surface area contributed by atoms with Gasteiger partial charge in [0.1, 0.15) is 11.3 Å². The lowest BCUT2D eigenvalue weighted by Crippen LogP contribution is -2.41. The van der Waals surface area contributed by atoms with Crippen molar-refractivity contribution >= 4 is 35.2 Å². The number of furan rings is 1. The van der Waals surface area contributed by atoms with Gasteiger partial charge in [-0.05, 0) is 59.0 Å². The van der Waals surface area contributed by atoms with Crippen molar-refractivity contribution in [2.45, 2.75) is 52.2 Å². The van der Waals surface area contributed by atoms with E-state index in [1.807, 2.05) is 6.92 Å². The van der Waals surface area contributed by atoms with Gasteiger partial charge in [-0.2, -0.15) is 0 Å². The van der Waals surface area contributed by atoms with Crippen LogP contribution in [0, 0.1) is 6.92 Å². The van der Waals surface area contributed by atoms with Crippen LogP contribution in [-0.4, -0.2) is 14.9 Å². The second-order valence-electron chi connectivity index (χ2n) is 7.12. The molecular formula is C17H25BrO2Si. The molecule has 0 N–H and O–H groups in total. The summed E-state index contributed by atoms with van der Waals surface area (Å²) in [5.74, 6) is 0.933. The molecule has 0 aliphatic heterocycles. The largest absolute Gasteiger partial charge is 0.460 e. The van der Waals surface area contributed by atoms with E-state index in [4.69, 9.17) is 8.84 Å². The minimum atomic E-state index is -1.67. The molecule has 21 heavy (non-hydrogen) atoms. The molecule has 0 fully saturated rings. The zero-order valence-electron chi connectivity index (χ0n) is 13.8. The molecule has 2 aromatic rings. The normalized spacial score (nSPS) is 13.1. The van der Waals surface area contributed by atoms with Gasteiger partial charge in [0.15, 0.2) is 8.32 Å². The maximum absolute atomic E-state index is 6.27. The zero-order chi connectivity index (χ0) is 15.8.